The Hall–Kier alpha value is -1.31. The lowest BCUT2D eigenvalue weighted by molar-refractivity contribution is -0.143. The molecular weight excluding hydrogens is 200 g/mol. The maximum Gasteiger partial charge on any atom is 0.306 e. The predicted molar refractivity (Wildman–Crippen MR) is 68.2 cm³/mol. The van der Waals surface area contributed by atoms with Crippen molar-refractivity contribution < 1.29 is 9.53 Å². The monoisotopic (exact) mass is 222 g/mol. The van der Waals surface area contributed by atoms with Crippen molar-refractivity contribution in [2.24, 2.45) is 0 Å². The van der Waals surface area contributed by atoms with Crippen molar-refractivity contribution in [3.05, 3.63) is 36.5 Å². The number of carbonyl (C=O) groups excluding carboxylic acids is 1. The molecule has 0 saturated carbocycles. The number of allylic oxidation sites excluding steroid dienone is 4. The molecule has 90 valence electrons. The van der Waals surface area contributed by atoms with Gasteiger partial charge in [0.1, 0.15) is 0 Å². The van der Waals surface area contributed by atoms with E-state index in [1.165, 1.54) is 5.57 Å². The number of esters is 1. The van der Waals surface area contributed by atoms with Crippen LogP contribution in [0.1, 0.15) is 39.5 Å². The van der Waals surface area contributed by atoms with Gasteiger partial charge in [-0.1, -0.05) is 36.5 Å². The molecule has 16 heavy (non-hydrogen) atoms. The molecule has 0 bridgehead atoms. The van der Waals surface area contributed by atoms with Crippen LogP contribution in [0.25, 0.3) is 0 Å². The summed E-state index contributed by atoms with van der Waals surface area (Å²) in [7, 11) is 0. The van der Waals surface area contributed by atoms with E-state index in [0.717, 1.165) is 24.8 Å². The summed E-state index contributed by atoms with van der Waals surface area (Å²) in [6.45, 7) is 11.8. The number of carbonyl (C=O) groups is 1. The summed E-state index contributed by atoms with van der Waals surface area (Å²) in [6, 6.07) is 0. The Kier molecular flexibility index (Phi) is 8.22. The topological polar surface area (TPSA) is 26.3 Å². The quantitative estimate of drug-likeness (QED) is 0.355. The fourth-order valence-corrected chi connectivity index (χ4v) is 1.24. The van der Waals surface area contributed by atoms with Gasteiger partial charge in [0.2, 0.25) is 0 Å². The third-order valence-corrected chi connectivity index (χ3v) is 2.28. The first-order valence-electron chi connectivity index (χ1n) is 5.71. The maximum absolute atomic E-state index is 11.1. The first-order chi connectivity index (χ1) is 7.60. The third-order valence-electron chi connectivity index (χ3n) is 2.28. The van der Waals surface area contributed by atoms with Gasteiger partial charge in [0.15, 0.2) is 0 Å². The molecule has 0 aromatic heterocycles. The number of ether oxygens (including phenoxy) is 1. The Labute approximate surface area is 98.7 Å². The first-order valence-corrected chi connectivity index (χ1v) is 5.71. The van der Waals surface area contributed by atoms with Crippen LogP contribution in [0.15, 0.2) is 36.5 Å². The molecule has 0 aliphatic rings. The van der Waals surface area contributed by atoms with Crippen molar-refractivity contribution in [1.29, 1.82) is 0 Å². The van der Waals surface area contributed by atoms with Crippen molar-refractivity contribution >= 4 is 5.97 Å². The largest absolute Gasteiger partial charge is 0.466 e. The van der Waals surface area contributed by atoms with E-state index in [1.807, 2.05) is 13.8 Å². The SMILES string of the molecule is C=CC(=C)CC/C=C(\C)CCC(=O)OCC. The van der Waals surface area contributed by atoms with Crippen LogP contribution in [-0.4, -0.2) is 12.6 Å². The Morgan fingerprint density at radius 2 is 2.00 bits per heavy atom. The lowest BCUT2D eigenvalue weighted by atomic mass is 10.1. The van der Waals surface area contributed by atoms with E-state index >= 15 is 0 Å². The van der Waals surface area contributed by atoms with Crippen molar-refractivity contribution in [2.75, 3.05) is 6.61 Å². The van der Waals surface area contributed by atoms with Gasteiger partial charge in [-0.05, 0) is 33.1 Å². The molecule has 0 saturated heterocycles. The van der Waals surface area contributed by atoms with Gasteiger partial charge in [0, 0.05) is 6.42 Å². The Morgan fingerprint density at radius 3 is 2.56 bits per heavy atom. The minimum atomic E-state index is -0.120. The first kappa shape index (κ1) is 14.7. The molecule has 0 fully saturated rings. The number of hydrogen-bond acceptors (Lipinski definition) is 2. The van der Waals surface area contributed by atoms with E-state index in [2.05, 4.69) is 19.2 Å². The highest BCUT2D eigenvalue weighted by atomic mass is 16.5. The van der Waals surface area contributed by atoms with Gasteiger partial charge in [0.05, 0.1) is 6.61 Å². The van der Waals surface area contributed by atoms with Crippen LogP contribution < -0.4 is 0 Å². The van der Waals surface area contributed by atoms with Crippen LogP contribution in [0, 0.1) is 0 Å². The zero-order valence-corrected chi connectivity index (χ0v) is 10.4. The fourth-order valence-electron chi connectivity index (χ4n) is 1.24. The van der Waals surface area contributed by atoms with Gasteiger partial charge in [-0.15, -0.1) is 0 Å². The second-order valence-electron chi connectivity index (χ2n) is 3.76. The number of rotatable bonds is 8. The van der Waals surface area contributed by atoms with Gasteiger partial charge in [-0.2, -0.15) is 0 Å². The average molecular weight is 222 g/mol. The maximum atomic E-state index is 11.1. The summed E-state index contributed by atoms with van der Waals surface area (Å²) >= 11 is 0. The molecule has 0 aliphatic heterocycles. The zero-order chi connectivity index (χ0) is 12.4. The van der Waals surface area contributed by atoms with E-state index in [0.29, 0.717) is 13.0 Å². The van der Waals surface area contributed by atoms with E-state index in [1.54, 1.807) is 6.08 Å². The minimum absolute atomic E-state index is 0.120. The van der Waals surface area contributed by atoms with Gasteiger partial charge < -0.3 is 4.74 Å². The molecule has 0 N–H and O–H groups in total. The average Bonchev–Trinajstić information content (AvgIpc) is 2.26. The highest BCUT2D eigenvalue weighted by Crippen LogP contribution is 2.10. The molecule has 0 heterocycles. The summed E-state index contributed by atoms with van der Waals surface area (Å²) in [5.74, 6) is -0.120. The third kappa shape index (κ3) is 8.04. The lowest BCUT2D eigenvalue weighted by Gasteiger charge is -2.02. The minimum Gasteiger partial charge on any atom is -0.466 e. The van der Waals surface area contributed by atoms with Crippen molar-refractivity contribution in [2.45, 2.75) is 39.5 Å². The van der Waals surface area contributed by atoms with Crippen LogP contribution in [0.4, 0.5) is 0 Å². The van der Waals surface area contributed by atoms with Crippen molar-refractivity contribution in [3.8, 4) is 0 Å². The standard InChI is InChI=1S/C14H22O2/c1-5-12(3)8-7-9-13(4)10-11-14(15)16-6-2/h5,9H,1,3,6-8,10-11H2,2,4H3/b13-9+. The molecule has 0 aromatic carbocycles. The number of hydrogen-bond donors (Lipinski definition) is 0. The second-order valence-corrected chi connectivity index (χ2v) is 3.76. The zero-order valence-electron chi connectivity index (χ0n) is 10.4. The van der Waals surface area contributed by atoms with Crippen molar-refractivity contribution in [1.82, 2.24) is 0 Å². The van der Waals surface area contributed by atoms with Crippen LogP contribution in [0.3, 0.4) is 0 Å². The van der Waals surface area contributed by atoms with Crippen LogP contribution in [-0.2, 0) is 9.53 Å². The molecule has 0 aliphatic carbocycles. The summed E-state index contributed by atoms with van der Waals surface area (Å²) in [6.07, 6.45) is 7.06. The molecule has 0 radical (unpaired) electrons. The van der Waals surface area contributed by atoms with Gasteiger partial charge >= 0.3 is 5.97 Å². The van der Waals surface area contributed by atoms with E-state index in [4.69, 9.17) is 4.74 Å². The van der Waals surface area contributed by atoms with Crippen LogP contribution >= 0.6 is 0 Å². The molecule has 2 heteroatoms. The molecule has 0 atom stereocenters. The molecular formula is C14H22O2. The highest BCUT2D eigenvalue weighted by Gasteiger charge is 2.01. The summed E-state index contributed by atoms with van der Waals surface area (Å²) in [5.41, 5.74) is 2.28. The normalized spacial score (nSPS) is 11.0. The molecule has 0 rings (SSSR count). The fraction of sp³-hybridized carbons (Fsp3) is 0.500. The van der Waals surface area contributed by atoms with Gasteiger partial charge in [-0.3, -0.25) is 4.79 Å². The van der Waals surface area contributed by atoms with Crippen LogP contribution in [0.5, 0.6) is 0 Å². The van der Waals surface area contributed by atoms with Crippen LogP contribution in [0.2, 0.25) is 0 Å². The van der Waals surface area contributed by atoms with Gasteiger partial charge in [-0.25, -0.2) is 0 Å². The molecule has 0 unspecified atom stereocenters. The highest BCUT2D eigenvalue weighted by molar-refractivity contribution is 5.69. The summed E-state index contributed by atoms with van der Waals surface area (Å²) in [4.78, 5) is 11.1. The second kappa shape index (κ2) is 8.96. The molecule has 0 spiro atoms. The Balaban J connectivity index is 3.74. The summed E-state index contributed by atoms with van der Waals surface area (Å²) in [5, 5.41) is 0. The van der Waals surface area contributed by atoms with E-state index in [-0.39, 0.29) is 5.97 Å². The Bertz CT molecular complexity index is 274. The molecule has 0 aromatic rings. The molecule has 2 nitrogen and oxygen atoms in total. The van der Waals surface area contributed by atoms with E-state index in [9.17, 15) is 4.79 Å². The van der Waals surface area contributed by atoms with Crippen molar-refractivity contribution in [3.63, 3.8) is 0 Å². The predicted octanol–water partition coefficient (Wildman–Crippen LogP) is 3.80. The summed E-state index contributed by atoms with van der Waals surface area (Å²) < 4.78 is 4.86. The Morgan fingerprint density at radius 1 is 1.31 bits per heavy atom. The van der Waals surface area contributed by atoms with E-state index < -0.39 is 0 Å². The smallest absolute Gasteiger partial charge is 0.306 e. The van der Waals surface area contributed by atoms with Gasteiger partial charge in [0.25, 0.3) is 0 Å². The molecule has 0 amide bonds. The lowest BCUT2D eigenvalue weighted by Crippen LogP contribution is -2.03.